The highest BCUT2D eigenvalue weighted by Gasteiger charge is 2.27. The van der Waals surface area contributed by atoms with Crippen molar-refractivity contribution in [2.24, 2.45) is 5.92 Å². The number of nitrogens with one attached hydrogen (secondary N) is 1. The molecule has 1 atom stereocenters. The number of aliphatic hydroxyl groups is 1. The van der Waals surface area contributed by atoms with Crippen LogP contribution in [0.5, 0.6) is 0 Å². The van der Waals surface area contributed by atoms with E-state index >= 15 is 0 Å². The van der Waals surface area contributed by atoms with Gasteiger partial charge in [0.05, 0.1) is 11.0 Å². The number of hydrogen-bond acceptors (Lipinski definition) is 3. The van der Waals surface area contributed by atoms with Crippen LogP contribution in [0.1, 0.15) is 38.7 Å². The Bertz CT molecular complexity index is 533. The van der Waals surface area contributed by atoms with Crippen LogP contribution in [0, 0.1) is 5.92 Å². The average Bonchev–Trinajstić information content (AvgIpc) is 3.11. The molecule has 112 valence electrons. The highest BCUT2D eigenvalue weighted by atomic mass is 32.2. The minimum Gasteiger partial charge on any atom is -0.393 e. The molecular weight excluding hydrogens is 274 g/mol. The van der Waals surface area contributed by atoms with Gasteiger partial charge in [-0.3, -0.25) is 0 Å². The van der Waals surface area contributed by atoms with Gasteiger partial charge in [0.25, 0.3) is 0 Å². The van der Waals surface area contributed by atoms with E-state index in [4.69, 9.17) is 0 Å². The first-order valence-corrected chi connectivity index (χ1v) is 8.64. The van der Waals surface area contributed by atoms with Crippen LogP contribution in [0.3, 0.4) is 0 Å². The molecule has 0 heterocycles. The van der Waals surface area contributed by atoms with Gasteiger partial charge >= 0.3 is 0 Å². The summed E-state index contributed by atoms with van der Waals surface area (Å²) in [5.41, 5.74) is 0.962. The fourth-order valence-corrected chi connectivity index (χ4v) is 3.50. The van der Waals surface area contributed by atoms with Crippen LogP contribution in [0.25, 0.3) is 0 Å². The van der Waals surface area contributed by atoms with Crippen molar-refractivity contribution in [3.8, 4) is 0 Å². The molecule has 20 heavy (non-hydrogen) atoms. The highest BCUT2D eigenvalue weighted by molar-refractivity contribution is 7.89. The Balaban J connectivity index is 1.98. The van der Waals surface area contributed by atoms with E-state index in [2.05, 4.69) is 18.6 Å². The van der Waals surface area contributed by atoms with Gasteiger partial charge in [-0.05, 0) is 49.3 Å². The topological polar surface area (TPSA) is 66.4 Å². The summed E-state index contributed by atoms with van der Waals surface area (Å²) in [5, 5.41) is 9.90. The summed E-state index contributed by atoms with van der Waals surface area (Å²) < 4.78 is 26.7. The molecule has 0 aliphatic heterocycles. The first-order valence-electron chi connectivity index (χ1n) is 7.16. The van der Waals surface area contributed by atoms with E-state index in [9.17, 15) is 13.5 Å². The van der Waals surface area contributed by atoms with Crippen LogP contribution >= 0.6 is 0 Å². The minimum atomic E-state index is -3.37. The molecule has 1 aromatic carbocycles. The van der Waals surface area contributed by atoms with Crippen LogP contribution in [-0.2, 0) is 16.4 Å². The largest absolute Gasteiger partial charge is 0.393 e. The Labute approximate surface area is 121 Å². The minimum absolute atomic E-state index is 0.118. The lowest BCUT2D eigenvalue weighted by atomic mass is 10.00. The maximum Gasteiger partial charge on any atom is 0.240 e. The molecule has 0 aromatic heterocycles. The molecule has 0 amide bonds. The van der Waals surface area contributed by atoms with Gasteiger partial charge in [0.2, 0.25) is 10.0 Å². The third-order valence-electron chi connectivity index (χ3n) is 3.35. The van der Waals surface area contributed by atoms with Gasteiger partial charge in [-0.25, -0.2) is 13.1 Å². The van der Waals surface area contributed by atoms with Gasteiger partial charge in [-0.2, -0.15) is 0 Å². The molecule has 1 saturated carbocycles. The van der Waals surface area contributed by atoms with Crippen molar-refractivity contribution in [2.45, 2.75) is 56.6 Å². The zero-order valence-electron chi connectivity index (χ0n) is 12.0. The van der Waals surface area contributed by atoms with Crippen LogP contribution in [0.15, 0.2) is 29.2 Å². The van der Waals surface area contributed by atoms with E-state index in [0.29, 0.717) is 17.2 Å². The molecule has 1 aromatic rings. The molecule has 4 nitrogen and oxygen atoms in total. The zero-order valence-corrected chi connectivity index (χ0v) is 12.9. The summed E-state index contributed by atoms with van der Waals surface area (Å²) in [5.74, 6) is 0.451. The van der Waals surface area contributed by atoms with E-state index in [1.54, 1.807) is 24.3 Å². The molecule has 0 bridgehead atoms. The smallest absolute Gasteiger partial charge is 0.240 e. The first kappa shape index (κ1) is 15.5. The van der Waals surface area contributed by atoms with Gasteiger partial charge in [0.1, 0.15) is 0 Å². The normalized spacial score (nSPS) is 17.4. The lowest BCUT2D eigenvalue weighted by Gasteiger charge is -2.13. The zero-order chi connectivity index (χ0) is 14.8. The maximum atomic E-state index is 12.0. The van der Waals surface area contributed by atoms with Crippen molar-refractivity contribution in [1.29, 1.82) is 0 Å². The number of sulfonamides is 1. The van der Waals surface area contributed by atoms with Gasteiger partial charge in [0, 0.05) is 6.04 Å². The Morgan fingerprint density at radius 1 is 1.25 bits per heavy atom. The SMILES string of the molecule is CC(C)CC(O)Cc1ccc(S(=O)(=O)NC2CC2)cc1. The van der Waals surface area contributed by atoms with Crippen molar-refractivity contribution in [3.05, 3.63) is 29.8 Å². The maximum absolute atomic E-state index is 12.0. The van der Waals surface area contributed by atoms with E-state index in [1.807, 2.05) is 0 Å². The van der Waals surface area contributed by atoms with Crippen molar-refractivity contribution in [3.63, 3.8) is 0 Å². The summed E-state index contributed by atoms with van der Waals surface area (Å²) in [7, 11) is -3.37. The Morgan fingerprint density at radius 3 is 2.35 bits per heavy atom. The predicted molar refractivity (Wildman–Crippen MR) is 79.0 cm³/mol. The van der Waals surface area contributed by atoms with Crippen molar-refractivity contribution >= 4 is 10.0 Å². The quantitative estimate of drug-likeness (QED) is 0.810. The monoisotopic (exact) mass is 297 g/mol. The van der Waals surface area contributed by atoms with Gasteiger partial charge < -0.3 is 5.11 Å². The highest BCUT2D eigenvalue weighted by Crippen LogP contribution is 2.22. The van der Waals surface area contributed by atoms with E-state index in [1.165, 1.54) is 0 Å². The Kier molecular flexibility index (Phi) is 4.83. The van der Waals surface area contributed by atoms with E-state index < -0.39 is 10.0 Å². The Hall–Kier alpha value is -0.910. The molecule has 1 fully saturated rings. The van der Waals surface area contributed by atoms with Crippen molar-refractivity contribution in [2.75, 3.05) is 0 Å². The molecule has 0 spiro atoms. The second kappa shape index (κ2) is 6.24. The lowest BCUT2D eigenvalue weighted by molar-refractivity contribution is 0.149. The standard InChI is InChI=1S/C15H23NO3S/c1-11(2)9-14(17)10-12-3-7-15(8-4-12)20(18,19)16-13-5-6-13/h3-4,7-8,11,13-14,16-17H,5-6,9-10H2,1-2H3. The summed E-state index contributed by atoms with van der Waals surface area (Å²) in [6, 6.07) is 6.91. The van der Waals surface area contributed by atoms with Gasteiger partial charge in [0.15, 0.2) is 0 Å². The van der Waals surface area contributed by atoms with E-state index in [-0.39, 0.29) is 12.1 Å². The predicted octanol–water partition coefficient (Wildman–Crippen LogP) is 2.08. The summed E-state index contributed by atoms with van der Waals surface area (Å²) in [6.45, 7) is 4.14. The molecule has 1 aliphatic carbocycles. The van der Waals surface area contributed by atoms with Crippen LogP contribution < -0.4 is 4.72 Å². The van der Waals surface area contributed by atoms with Gasteiger partial charge in [-0.15, -0.1) is 0 Å². The van der Waals surface area contributed by atoms with Gasteiger partial charge in [-0.1, -0.05) is 26.0 Å². The van der Waals surface area contributed by atoms with Crippen molar-refractivity contribution in [1.82, 2.24) is 4.72 Å². The molecule has 5 heteroatoms. The van der Waals surface area contributed by atoms with Crippen molar-refractivity contribution < 1.29 is 13.5 Å². The molecule has 0 radical (unpaired) electrons. The average molecular weight is 297 g/mol. The number of rotatable bonds is 7. The molecule has 2 N–H and O–H groups in total. The van der Waals surface area contributed by atoms with Crippen LogP contribution in [-0.4, -0.2) is 25.7 Å². The lowest BCUT2D eigenvalue weighted by Crippen LogP contribution is -2.25. The summed E-state index contributed by atoms with van der Waals surface area (Å²) >= 11 is 0. The molecule has 0 saturated heterocycles. The van der Waals surface area contributed by atoms with Crippen LogP contribution in [0.2, 0.25) is 0 Å². The molecule has 1 aliphatic rings. The Morgan fingerprint density at radius 2 is 1.85 bits per heavy atom. The third-order valence-corrected chi connectivity index (χ3v) is 4.88. The number of hydrogen-bond donors (Lipinski definition) is 2. The summed E-state index contributed by atoms with van der Waals surface area (Å²) in [4.78, 5) is 0.298. The second-order valence-electron chi connectivity index (χ2n) is 6.03. The fraction of sp³-hybridized carbons (Fsp3) is 0.600. The third kappa shape index (κ3) is 4.58. The molecular formula is C15H23NO3S. The van der Waals surface area contributed by atoms with E-state index in [0.717, 1.165) is 24.8 Å². The fourth-order valence-electron chi connectivity index (χ4n) is 2.19. The number of aliphatic hydroxyl groups excluding tert-OH is 1. The number of benzene rings is 1. The molecule has 1 unspecified atom stereocenters. The molecule has 2 rings (SSSR count). The second-order valence-corrected chi connectivity index (χ2v) is 7.74. The first-order chi connectivity index (χ1) is 9.37. The van der Waals surface area contributed by atoms with Crippen LogP contribution in [0.4, 0.5) is 0 Å². The summed E-state index contributed by atoms with van der Waals surface area (Å²) in [6.07, 6.45) is 2.80.